The summed E-state index contributed by atoms with van der Waals surface area (Å²) < 4.78 is 0.646. The third-order valence-electron chi connectivity index (χ3n) is 2.30. The van der Waals surface area contributed by atoms with E-state index in [4.69, 9.17) is 0 Å². The van der Waals surface area contributed by atoms with Crippen molar-refractivity contribution >= 4 is 33.2 Å². The number of carbonyl (C=O) groups excluding carboxylic acids is 1. The third kappa shape index (κ3) is 3.14. The molecule has 6 heteroatoms. The van der Waals surface area contributed by atoms with E-state index in [-0.39, 0.29) is 11.9 Å². The standard InChI is InChI=1S/C12H12BrN3OS/c1-7-6-14-12(18-7)8(2)15-11(17)9-4-3-5-10(13)16-9/h3-6,8H,1-2H3,(H,15,17). The van der Waals surface area contributed by atoms with E-state index in [0.717, 1.165) is 9.88 Å². The maximum Gasteiger partial charge on any atom is 0.270 e. The highest BCUT2D eigenvalue weighted by molar-refractivity contribution is 9.10. The maximum atomic E-state index is 12.0. The smallest absolute Gasteiger partial charge is 0.270 e. The molecule has 0 radical (unpaired) electrons. The van der Waals surface area contributed by atoms with Gasteiger partial charge in [-0.2, -0.15) is 0 Å². The van der Waals surface area contributed by atoms with Crippen LogP contribution in [0.2, 0.25) is 0 Å². The zero-order chi connectivity index (χ0) is 13.1. The first-order valence-corrected chi connectivity index (χ1v) is 7.03. The Morgan fingerprint density at radius 1 is 1.50 bits per heavy atom. The molecule has 0 saturated carbocycles. The second-order valence-corrected chi connectivity index (χ2v) is 5.93. The number of nitrogens with one attached hydrogen (secondary N) is 1. The second-order valence-electron chi connectivity index (χ2n) is 3.85. The van der Waals surface area contributed by atoms with Crippen molar-refractivity contribution in [2.24, 2.45) is 0 Å². The van der Waals surface area contributed by atoms with Crippen LogP contribution >= 0.6 is 27.3 Å². The van der Waals surface area contributed by atoms with E-state index in [9.17, 15) is 4.79 Å². The fourth-order valence-corrected chi connectivity index (χ4v) is 2.56. The van der Waals surface area contributed by atoms with Gasteiger partial charge in [-0.15, -0.1) is 11.3 Å². The van der Waals surface area contributed by atoms with E-state index >= 15 is 0 Å². The Hall–Kier alpha value is -1.27. The van der Waals surface area contributed by atoms with Crippen molar-refractivity contribution in [2.45, 2.75) is 19.9 Å². The topological polar surface area (TPSA) is 54.9 Å². The Bertz CT molecular complexity index is 570. The van der Waals surface area contributed by atoms with Crippen LogP contribution in [-0.4, -0.2) is 15.9 Å². The van der Waals surface area contributed by atoms with E-state index in [2.05, 4.69) is 31.2 Å². The number of pyridine rings is 1. The van der Waals surface area contributed by atoms with Crippen molar-refractivity contribution in [2.75, 3.05) is 0 Å². The molecule has 0 saturated heterocycles. The number of halogens is 1. The van der Waals surface area contributed by atoms with E-state index < -0.39 is 0 Å². The number of rotatable bonds is 3. The van der Waals surface area contributed by atoms with Crippen LogP contribution in [0.3, 0.4) is 0 Å². The molecule has 1 amide bonds. The van der Waals surface area contributed by atoms with Crippen LogP contribution in [0.1, 0.15) is 33.3 Å². The van der Waals surface area contributed by atoms with Gasteiger partial charge in [0.1, 0.15) is 15.3 Å². The highest BCUT2D eigenvalue weighted by Crippen LogP contribution is 2.19. The Kier molecular flexibility index (Phi) is 4.08. The summed E-state index contributed by atoms with van der Waals surface area (Å²) in [6, 6.07) is 5.13. The van der Waals surface area contributed by atoms with Crippen molar-refractivity contribution in [3.05, 3.63) is 44.6 Å². The summed E-state index contributed by atoms with van der Waals surface area (Å²) in [5.74, 6) is -0.198. The van der Waals surface area contributed by atoms with Gasteiger partial charge in [-0.25, -0.2) is 9.97 Å². The Balaban J connectivity index is 2.08. The van der Waals surface area contributed by atoms with Gasteiger partial charge in [0, 0.05) is 11.1 Å². The van der Waals surface area contributed by atoms with Gasteiger partial charge in [0.15, 0.2) is 0 Å². The number of thiazole rings is 1. The van der Waals surface area contributed by atoms with Gasteiger partial charge >= 0.3 is 0 Å². The van der Waals surface area contributed by atoms with E-state index in [1.807, 2.05) is 13.8 Å². The minimum absolute atomic E-state index is 0.114. The van der Waals surface area contributed by atoms with E-state index in [1.165, 1.54) is 0 Å². The maximum absolute atomic E-state index is 12.0. The van der Waals surface area contributed by atoms with Crippen LogP contribution in [-0.2, 0) is 0 Å². The summed E-state index contributed by atoms with van der Waals surface area (Å²) in [5.41, 5.74) is 0.393. The molecule has 0 spiro atoms. The molecule has 0 bridgehead atoms. The molecule has 1 unspecified atom stereocenters. The summed E-state index contributed by atoms with van der Waals surface area (Å²) in [5, 5.41) is 3.78. The average molecular weight is 326 g/mol. The summed E-state index contributed by atoms with van der Waals surface area (Å²) in [6.07, 6.45) is 1.81. The van der Waals surface area contributed by atoms with Gasteiger partial charge in [-0.3, -0.25) is 4.79 Å². The van der Waals surface area contributed by atoms with Gasteiger partial charge in [0.05, 0.1) is 6.04 Å². The predicted molar refractivity (Wildman–Crippen MR) is 74.7 cm³/mol. The van der Waals surface area contributed by atoms with E-state index in [1.54, 1.807) is 35.7 Å². The van der Waals surface area contributed by atoms with Crippen LogP contribution in [0.15, 0.2) is 29.0 Å². The van der Waals surface area contributed by atoms with Crippen LogP contribution in [0.25, 0.3) is 0 Å². The zero-order valence-electron chi connectivity index (χ0n) is 9.98. The zero-order valence-corrected chi connectivity index (χ0v) is 12.4. The second kappa shape index (κ2) is 5.58. The summed E-state index contributed by atoms with van der Waals surface area (Å²) >= 11 is 4.82. The highest BCUT2D eigenvalue weighted by Gasteiger charge is 2.14. The van der Waals surface area contributed by atoms with Crippen LogP contribution in [0, 0.1) is 6.92 Å². The molecule has 0 aromatic carbocycles. The molecule has 1 N–H and O–H groups in total. The average Bonchev–Trinajstić information content (AvgIpc) is 2.76. The van der Waals surface area contributed by atoms with Crippen LogP contribution in [0.5, 0.6) is 0 Å². The Morgan fingerprint density at radius 2 is 2.28 bits per heavy atom. The largest absolute Gasteiger partial charge is 0.342 e. The highest BCUT2D eigenvalue weighted by atomic mass is 79.9. The molecule has 2 rings (SSSR count). The van der Waals surface area contributed by atoms with E-state index in [0.29, 0.717) is 10.3 Å². The minimum atomic E-state index is -0.198. The molecular weight excluding hydrogens is 314 g/mol. The molecule has 0 fully saturated rings. The Morgan fingerprint density at radius 3 is 2.89 bits per heavy atom. The van der Waals surface area contributed by atoms with Gasteiger partial charge < -0.3 is 5.32 Å². The van der Waals surface area contributed by atoms with Crippen molar-refractivity contribution in [3.8, 4) is 0 Å². The van der Waals surface area contributed by atoms with Gasteiger partial charge in [-0.05, 0) is 41.9 Å². The van der Waals surface area contributed by atoms with Gasteiger partial charge in [0.2, 0.25) is 0 Å². The first-order valence-electron chi connectivity index (χ1n) is 5.42. The van der Waals surface area contributed by atoms with Crippen molar-refractivity contribution in [1.29, 1.82) is 0 Å². The number of amides is 1. The number of hydrogen-bond acceptors (Lipinski definition) is 4. The SMILES string of the molecule is Cc1cnc(C(C)NC(=O)c2cccc(Br)n2)s1. The molecule has 0 aliphatic rings. The summed E-state index contributed by atoms with van der Waals surface area (Å²) in [7, 11) is 0. The molecule has 1 atom stereocenters. The normalized spacial score (nSPS) is 12.2. The minimum Gasteiger partial charge on any atom is -0.342 e. The fraction of sp³-hybridized carbons (Fsp3) is 0.250. The summed E-state index contributed by atoms with van der Waals surface area (Å²) in [4.78, 5) is 21.5. The molecule has 18 heavy (non-hydrogen) atoms. The summed E-state index contributed by atoms with van der Waals surface area (Å²) in [6.45, 7) is 3.90. The van der Waals surface area contributed by atoms with Gasteiger partial charge in [-0.1, -0.05) is 6.07 Å². The van der Waals surface area contributed by atoms with Crippen molar-refractivity contribution < 1.29 is 4.79 Å². The number of aryl methyl sites for hydroxylation is 1. The monoisotopic (exact) mass is 325 g/mol. The first kappa shape index (κ1) is 13.2. The van der Waals surface area contributed by atoms with Crippen LogP contribution < -0.4 is 5.32 Å². The lowest BCUT2D eigenvalue weighted by Crippen LogP contribution is -2.27. The molecule has 0 aliphatic heterocycles. The lowest BCUT2D eigenvalue weighted by molar-refractivity contribution is 0.0934. The fourth-order valence-electron chi connectivity index (χ4n) is 1.44. The van der Waals surface area contributed by atoms with Crippen LogP contribution in [0.4, 0.5) is 0 Å². The number of aromatic nitrogens is 2. The number of nitrogens with zero attached hydrogens (tertiary/aromatic N) is 2. The van der Waals surface area contributed by atoms with Crippen molar-refractivity contribution in [3.63, 3.8) is 0 Å². The molecule has 0 aliphatic carbocycles. The number of hydrogen-bond donors (Lipinski definition) is 1. The number of carbonyl (C=O) groups is 1. The molecule has 4 nitrogen and oxygen atoms in total. The molecule has 2 aromatic heterocycles. The first-order chi connectivity index (χ1) is 8.56. The third-order valence-corrected chi connectivity index (χ3v) is 3.84. The Labute approximate surface area is 118 Å². The molecule has 2 heterocycles. The van der Waals surface area contributed by atoms with Crippen molar-refractivity contribution in [1.82, 2.24) is 15.3 Å². The lowest BCUT2D eigenvalue weighted by Gasteiger charge is -2.10. The predicted octanol–water partition coefficient (Wildman–Crippen LogP) is 3.10. The lowest BCUT2D eigenvalue weighted by atomic mass is 10.3. The molecule has 94 valence electrons. The quantitative estimate of drug-likeness (QED) is 0.882. The molecule has 2 aromatic rings. The van der Waals surface area contributed by atoms with Gasteiger partial charge in [0.25, 0.3) is 5.91 Å². The molecular formula is C12H12BrN3OS.